The summed E-state index contributed by atoms with van der Waals surface area (Å²) >= 11 is 7.15. The number of aliphatic hydroxyl groups is 1. The Morgan fingerprint density at radius 3 is 2.56 bits per heavy atom. The van der Waals surface area contributed by atoms with Crippen molar-refractivity contribution in [2.75, 3.05) is 80.9 Å². The van der Waals surface area contributed by atoms with Gasteiger partial charge in [0.15, 0.2) is 22.5 Å². The van der Waals surface area contributed by atoms with E-state index in [1.807, 2.05) is 36.0 Å². The molecule has 13 nitrogen and oxygen atoms in total. The van der Waals surface area contributed by atoms with Gasteiger partial charge in [0, 0.05) is 63.1 Å². The number of hydrogen-bond donors (Lipinski definition) is 3. The summed E-state index contributed by atoms with van der Waals surface area (Å²) in [5.74, 6) is 0.414. The number of amides is 2. The summed E-state index contributed by atoms with van der Waals surface area (Å²) in [5.41, 5.74) is 1.19. The molecule has 6 rings (SSSR count). The summed E-state index contributed by atoms with van der Waals surface area (Å²) in [6, 6.07) is 10.1. The van der Waals surface area contributed by atoms with Crippen molar-refractivity contribution in [1.82, 2.24) is 24.8 Å². The largest absolute Gasteiger partial charge is 0.493 e. The summed E-state index contributed by atoms with van der Waals surface area (Å²) in [4.78, 5) is 48.6. The fraction of sp³-hybridized carbons (Fsp3) is 0.395. The van der Waals surface area contributed by atoms with Crippen LogP contribution in [-0.2, 0) is 4.79 Å². The summed E-state index contributed by atoms with van der Waals surface area (Å²) < 4.78 is 19.9. The predicted octanol–water partition coefficient (Wildman–Crippen LogP) is 5.90. The molecule has 1 aliphatic heterocycles. The minimum Gasteiger partial charge on any atom is -0.493 e. The van der Waals surface area contributed by atoms with Gasteiger partial charge in [0.05, 0.1) is 41.0 Å². The summed E-state index contributed by atoms with van der Waals surface area (Å²) in [5, 5.41) is 17.1. The zero-order chi connectivity index (χ0) is 38.6. The minimum atomic E-state index is -0.958. The van der Waals surface area contributed by atoms with E-state index in [4.69, 9.17) is 26.3 Å². The van der Waals surface area contributed by atoms with Gasteiger partial charge < -0.3 is 40.1 Å². The summed E-state index contributed by atoms with van der Waals surface area (Å²) in [7, 11) is 5.46. The molecule has 4 aromatic rings. The highest BCUT2D eigenvalue weighted by Crippen LogP contribution is 2.40. The molecule has 0 radical (unpaired) electrons. The first-order chi connectivity index (χ1) is 25.8. The number of nitrogens with one attached hydrogen (secondary N) is 2. The lowest BCUT2D eigenvalue weighted by atomic mass is 10.1. The summed E-state index contributed by atoms with van der Waals surface area (Å²) in [6.07, 6.45) is 8.72. The van der Waals surface area contributed by atoms with E-state index in [0.717, 1.165) is 41.2 Å². The molecule has 16 heteroatoms. The van der Waals surface area contributed by atoms with Gasteiger partial charge in [-0.05, 0) is 71.1 Å². The molecule has 3 N–H and O–H groups in total. The lowest BCUT2D eigenvalue weighted by Gasteiger charge is -2.38. The number of piperazine rings is 1. The van der Waals surface area contributed by atoms with Gasteiger partial charge in [-0.3, -0.25) is 9.59 Å². The Morgan fingerprint density at radius 2 is 1.89 bits per heavy atom. The Morgan fingerprint density at radius 1 is 1.13 bits per heavy atom. The van der Waals surface area contributed by atoms with E-state index < -0.39 is 17.3 Å². The van der Waals surface area contributed by atoms with E-state index in [2.05, 4.69) is 31.5 Å². The van der Waals surface area contributed by atoms with E-state index in [-0.39, 0.29) is 27.5 Å². The number of hydrogen-bond acceptors (Lipinski definition) is 12. The Kier molecular flexibility index (Phi) is 12.0. The number of rotatable bonds is 14. The van der Waals surface area contributed by atoms with Crippen LogP contribution < -0.4 is 25.2 Å². The van der Waals surface area contributed by atoms with Crippen LogP contribution in [0.25, 0.3) is 11.3 Å². The molecule has 54 heavy (non-hydrogen) atoms. The second-order valence-corrected chi connectivity index (χ2v) is 15.6. The maximum absolute atomic E-state index is 14.3. The quantitative estimate of drug-likeness (QED) is 0.132. The van der Waals surface area contributed by atoms with E-state index >= 15 is 0 Å². The predicted molar refractivity (Wildman–Crippen MR) is 212 cm³/mol. The zero-order valence-corrected chi connectivity index (χ0v) is 32.5. The normalized spacial score (nSPS) is 14.8. The van der Waals surface area contributed by atoms with Crippen LogP contribution >= 0.6 is 22.9 Å². The van der Waals surface area contributed by atoms with Crippen LogP contribution in [0.2, 0.25) is 5.02 Å². The number of methoxy groups -OCH3 is 1. The fourth-order valence-electron chi connectivity index (χ4n) is 6.06. The Bertz CT molecular complexity index is 1990. The molecule has 1 saturated heterocycles. The topological polar surface area (TPSA) is 139 Å². The molecule has 2 fully saturated rings. The third kappa shape index (κ3) is 9.63. The van der Waals surface area contributed by atoms with Gasteiger partial charge in [0.2, 0.25) is 5.91 Å². The van der Waals surface area contributed by atoms with Crippen molar-refractivity contribution in [1.29, 1.82) is 0 Å². The number of carbonyl (C=O) groups excluding carboxylic acids is 2. The molecule has 2 aliphatic rings. The number of likely N-dealkylation sites (N-methyl/N-ethyl adjacent to an activating group) is 1. The number of aromatic nitrogens is 3. The number of ether oxygens (including phenoxy) is 1. The molecular formula is C38H45ClFN9O4S. The van der Waals surface area contributed by atoms with Crippen LogP contribution in [0.3, 0.4) is 0 Å². The van der Waals surface area contributed by atoms with Crippen LogP contribution in [0.15, 0.2) is 60.9 Å². The first-order valence-electron chi connectivity index (χ1n) is 17.7. The van der Waals surface area contributed by atoms with E-state index in [9.17, 15) is 19.1 Å². The van der Waals surface area contributed by atoms with Crippen molar-refractivity contribution in [3.8, 4) is 17.0 Å². The van der Waals surface area contributed by atoms with Gasteiger partial charge in [-0.25, -0.2) is 19.3 Å². The molecule has 286 valence electrons. The van der Waals surface area contributed by atoms with Crippen molar-refractivity contribution in [3.63, 3.8) is 0 Å². The number of thiazole rings is 1. The zero-order valence-electron chi connectivity index (χ0n) is 31.0. The standard InChI is InChI=1S/C38H45ClFN9O4S/c1-38(2,52)23-49(25-11-12-25)29-20-24(21-41-35(29)48-18-16-47(17-19-48)32(50)10-7-15-46(3)4)28-13-14-30(53-5)34(43-28)45-37-42-22-31(54-37)36(51)44-33-26(39)8-6-9-27(33)40/h6-10,13-14,20-22,25,52H,11-12,15-19,23H2,1-5H3,(H,44,51)(H,42,43,45)/b10-7+. The van der Waals surface area contributed by atoms with Crippen LogP contribution in [0.4, 0.5) is 32.5 Å². The highest BCUT2D eigenvalue weighted by Gasteiger charge is 2.36. The molecule has 4 heterocycles. The van der Waals surface area contributed by atoms with Crippen molar-refractivity contribution in [2.24, 2.45) is 0 Å². The van der Waals surface area contributed by atoms with E-state index in [0.29, 0.717) is 61.7 Å². The van der Waals surface area contributed by atoms with Crippen molar-refractivity contribution >= 4 is 62.9 Å². The summed E-state index contributed by atoms with van der Waals surface area (Å²) in [6.45, 7) is 7.08. The molecule has 0 atom stereocenters. The van der Waals surface area contributed by atoms with Crippen LogP contribution in [0.1, 0.15) is 36.4 Å². The average molecular weight is 778 g/mol. The molecule has 1 aliphatic carbocycles. The van der Waals surface area contributed by atoms with Crippen LogP contribution in [0, 0.1) is 5.82 Å². The first kappa shape index (κ1) is 38.9. The second-order valence-electron chi connectivity index (χ2n) is 14.2. The van der Waals surface area contributed by atoms with Gasteiger partial charge in [0.25, 0.3) is 5.91 Å². The number of carbonyl (C=O) groups is 2. The van der Waals surface area contributed by atoms with E-state index in [1.54, 1.807) is 32.2 Å². The number of pyridine rings is 2. The van der Waals surface area contributed by atoms with Crippen LogP contribution in [0.5, 0.6) is 5.75 Å². The monoisotopic (exact) mass is 777 g/mol. The molecular weight excluding hydrogens is 733 g/mol. The lowest BCUT2D eigenvalue weighted by Crippen LogP contribution is -2.49. The fourth-order valence-corrected chi connectivity index (χ4v) is 6.98. The molecule has 3 aromatic heterocycles. The average Bonchev–Trinajstić information content (AvgIpc) is 3.88. The third-order valence-corrected chi connectivity index (χ3v) is 10.1. The number of para-hydroxylation sites is 1. The Balaban J connectivity index is 1.25. The van der Waals surface area contributed by atoms with Crippen molar-refractivity contribution < 1.29 is 23.8 Å². The number of nitrogens with zero attached hydrogens (tertiary/aromatic N) is 7. The molecule has 0 bridgehead atoms. The maximum Gasteiger partial charge on any atom is 0.267 e. The van der Waals surface area contributed by atoms with Crippen molar-refractivity contribution in [2.45, 2.75) is 38.3 Å². The molecule has 2 amide bonds. The third-order valence-electron chi connectivity index (χ3n) is 8.85. The lowest BCUT2D eigenvalue weighted by molar-refractivity contribution is -0.126. The van der Waals surface area contributed by atoms with Gasteiger partial charge in [-0.15, -0.1) is 0 Å². The highest BCUT2D eigenvalue weighted by atomic mass is 35.5. The first-order valence-corrected chi connectivity index (χ1v) is 18.9. The van der Waals surface area contributed by atoms with E-state index in [1.165, 1.54) is 31.5 Å². The molecule has 1 aromatic carbocycles. The molecule has 1 saturated carbocycles. The van der Waals surface area contributed by atoms with Gasteiger partial charge in [-0.1, -0.05) is 35.1 Å². The molecule has 0 unspecified atom stereocenters. The number of anilines is 5. The number of halogens is 2. The van der Waals surface area contributed by atoms with Crippen LogP contribution in [-0.4, -0.2) is 114 Å². The highest BCUT2D eigenvalue weighted by molar-refractivity contribution is 7.17. The smallest absolute Gasteiger partial charge is 0.267 e. The van der Waals surface area contributed by atoms with Gasteiger partial charge in [0.1, 0.15) is 10.7 Å². The van der Waals surface area contributed by atoms with Gasteiger partial charge in [-0.2, -0.15) is 0 Å². The second kappa shape index (κ2) is 16.7. The number of benzene rings is 1. The minimum absolute atomic E-state index is 0.00128. The Labute approximate surface area is 323 Å². The molecule has 0 spiro atoms. The maximum atomic E-state index is 14.3. The van der Waals surface area contributed by atoms with Crippen molar-refractivity contribution in [3.05, 3.63) is 76.7 Å². The Hall–Kier alpha value is -4.83. The van der Waals surface area contributed by atoms with Gasteiger partial charge >= 0.3 is 0 Å². The SMILES string of the molecule is COc1ccc(-c2cnc(N3CCN(C(=O)/C=C/CN(C)C)CC3)c(N(CC(C)(C)O)C3CC3)c2)nc1Nc1ncc(C(=O)Nc2c(F)cccc2Cl)s1.